The van der Waals surface area contributed by atoms with Gasteiger partial charge in [-0.2, -0.15) is 5.10 Å². The van der Waals surface area contributed by atoms with Gasteiger partial charge in [-0.3, -0.25) is 9.59 Å². The van der Waals surface area contributed by atoms with Crippen LogP contribution in [0.5, 0.6) is 0 Å². The summed E-state index contributed by atoms with van der Waals surface area (Å²) in [6, 6.07) is 11.1. The number of benzene rings is 1. The first-order valence-corrected chi connectivity index (χ1v) is 12.3. The maximum absolute atomic E-state index is 12.2. The summed E-state index contributed by atoms with van der Waals surface area (Å²) in [6.45, 7) is 4.08. The Morgan fingerprint density at radius 3 is 2.32 bits per heavy atom. The molecule has 0 saturated carbocycles. The van der Waals surface area contributed by atoms with Crippen molar-refractivity contribution in [3.8, 4) is 0 Å². The molecule has 2 aromatic rings. The number of carbonyl (C=O) groups is 2. The fourth-order valence-electron chi connectivity index (χ4n) is 3.29. The molecule has 168 valence electrons. The van der Waals surface area contributed by atoms with E-state index in [1.807, 2.05) is 42.6 Å². The molecule has 0 atom stereocenters. The highest BCUT2D eigenvalue weighted by molar-refractivity contribution is 7.12. The maximum Gasteiger partial charge on any atom is 0.265 e. The lowest BCUT2D eigenvalue weighted by Crippen LogP contribution is -2.19. The number of thiophene rings is 1. The van der Waals surface area contributed by atoms with Crippen molar-refractivity contribution in [2.75, 3.05) is 5.32 Å². The molecular formula is C25H35N3O2S. The lowest BCUT2D eigenvalue weighted by Gasteiger charge is -2.07. The smallest absolute Gasteiger partial charge is 0.265 e. The van der Waals surface area contributed by atoms with Crippen LogP contribution in [0.25, 0.3) is 0 Å². The van der Waals surface area contributed by atoms with Crippen LogP contribution in [0.15, 0.2) is 46.9 Å². The number of carbonyl (C=O) groups excluding carboxylic acids is 2. The van der Waals surface area contributed by atoms with E-state index in [1.165, 1.54) is 56.3 Å². The molecule has 31 heavy (non-hydrogen) atoms. The second-order valence-electron chi connectivity index (χ2n) is 7.82. The van der Waals surface area contributed by atoms with Gasteiger partial charge in [0.2, 0.25) is 5.91 Å². The lowest BCUT2D eigenvalue weighted by atomic mass is 10.1. The highest BCUT2D eigenvalue weighted by Crippen LogP contribution is 2.15. The third-order valence-corrected chi connectivity index (χ3v) is 6.01. The fraction of sp³-hybridized carbons (Fsp3) is 0.480. The molecule has 1 aromatic carbocycles. The first-order valence-electron chi connectivity index (χ1n) is 11.4. The Kier molecular flexibility index (Phi) is 11.6. The van der Waals surface area contributed by atoms with Gasteiger partial charge in [0.05, 0.1) is 10.6 Å². The normalized spacial score (nSPS) is 11.4. The van der Waals surface area contributed by atoms with E-state index in [2.05, 4.69) is 22.8 Å². The standard InChI is InChI=1S/C25H35N3O2S/c1-3-4-5-6-7-8-9-10-11-17-24(29)28-27-20(2)21-14-12-15-22(19-21)26-25(30)23-16-13-18-31-23/h12-16,18-19H,3-11,17H2,1-2H3,(H,26,30)(H,28,29)/b27-20+. The van der Waals surface area contributed by atoms with Gasteiger partial charge in [-0.25, -0.2) is 5.43 Å². The van der Waals surface area contributed by atoms with Crippen molar-refractivity contribution in [2.24, 2.45) is 5.10 Å². The zero-order valence-electron chi connectivity index (χ0n) is 18.8. The molecule has 2 rings (SSSR count). The van der Waals surface area contributed by atoms with Crippen molar-refractivity contribution in [3.05, 3.63) is 52.2 Å². The molecule has 2 N–H and O–H groups in total. The largest absolute Gasteiger partial charge is 0.321 e. The number of hydrogen-bond acceptors (Lipinski definition) is 4. The van der Waals surface area contributed by atoms with Crippen molar-refractivity contribution in [2.45, 2.75) is 78.1 Å². The van der Waals surface area contributed by atoms with Crippen LogP contribution < -0.4 is 10.7 Å². The maximum atomic E-state index is 12.2. The molecule has 0 radical (unpaired) electrons. The zero-order chi connectivity index (χ0) is 22.3. The quantitative estimate of drug-likeness (QED) is 0.193. The van der Waals surface area contributed by atoms with Gasteiger partial charge in [0.25, 0.3) is 5.91 Å². The molecule has 2 amide bonds. The van der Waals surface area contributed by atoms with E-state index in [-0.39, 0.29) is 11.8 Å². The Balaban J connectivity index is 1.69. The monoisotopic (exact) mass is 441 g/mol. The summed E-state index contributed by atoms with van der Waals surface area (Å²) in [6.07, 6.45) is 11.6. The van der Waals surface area contributed by atoms with E-state index in [0.717, 1.165) is 18.4 Å². The Hall–Kier alpha value is -2.47. The number of amides is 2. The third-order valence-electron chi connectivity index (χ3n) is 5.14. The van der Waals surface area contributed by atoms with Crippen molar-refractivity contribution < 1.29 is 9.59 Å². The summed E-state index contributed by atoms with van der Waals surface area (Å²) < 4.78 is 0. The Morgan fingerprint density at radius 2 is 1.65 bits per heavy atom. The molecule has 0 saturated heterocycles. The van der Waals surface area contributed by atoms with E-state index in [9.17, 15) is 9.59 Å². The summed E-state index contributed by atoms with van der Waals surface area (Å²) in [5.74, 6) is -0.180. The Morgan fingerprint density at radius 1 is 0.935 bits per heavy atom. The number of rotatable bonds is 14. The first-order chi connectivity index (χ1) is 15.1. The van der Waals surface area contributed by atoms with Gasteiger partial charge in [-0.1, -0.05) is 76.5 Å². The van der Waals surface area contributed by atoms with Crippen molar-refractivity contribution in [1.82, 2.24) is 5.43 Å². The van der Waals surface area contributed by atoms with Crippen molar-refractivity contribution in [3.63, 3.8) is 0 Å². The SMILES string of the molecule is CCCCCCCCCCCC(=O)N/N=C(\C)c1cccc(NC(=O)c2cccs2)c1. The van der Waals surface area contributed by atoms with Crippen LogP contribution in [0.1, 0.15) is 93.3 Å². The number of unbranched alkanes of at least 4 members (excludes halogenated alkanes) is 8. The van der Waals surface area contributed by atoms with Crippen LogP contribution in [0.3, 0.4) is 0 Å². The average molecular weight is 442 g/mol. The van der Waals surface area contributed by atoms with Crippen LogP contribution in [0, 0.1) is 0 Å². The summed E-state index contributed by atoms with van der Waals surface area (Å²) >= 11 is 1.40. The summed E-state index contributed by atoms with van der Waals surface area (Å²) in [5.41, 5.74) is 4.91. The van der Waals surface area contributed by atoms with Crippen LogP contribution >= 0.6 is 11.3 Å². The van der Waals surface area contributed by atoms with Gasteiger partial charge in [-0.05, 0) is 42.5 Å². The van der Waals surface area contributed by atoms with E-state index in [0.29, 0.717) is 22.7 Å². The second-order valence-corrected chi connectivity index (χ2v) is 8.77. The predicted octanol–water partition coefficient (Wildman–Crippen LogP) is 6.76. The Labute approximate surface area is 190 Å². The minimum absolute atomic E-state index is 0.0514. The molecule has 1 heterocycles. The van der Waals surface area contributed by atoms with Crippen molar-refractivity contribution in [1.29, 1.82) is 0 Å². The number of nitrogens with one attached hydrogen (secondary N) is 2. The molecular weight excluding hydrogens is 406 g/mol. The van der Waals surface area contributed by atoms with Crippen LogP contribution in [-0.4, -0.2) is 17.5 Å². The lowest BCUT2D eigenvalue weighted by molar-refractivity contribution is -0.121. The zero-order valence-corrected chi connectivity index (χ0v) is 19.6. The first kappa shape index (κ1) is 24.8. The fourth-order valence-corrected chi connectivity index (χ4v) is 3.90. The molecule has 0 fully saturated rings. The van der Waals surface area contributed by atoms with E-state index in [1.54, 1.807) is 6.07 Å². The molecule has 5 nitrogen and oxygen atoms in total. The predicted molar refractivity (Wildman–Crippen MR) is 131 cm³/mol. The molecule has 0 spiro atoms. The van der Waals surface area contributed by atoms with Gasteiger partial charge in [0, 0.05) is 12.1 Å². The van der Waals surface area contributed by atoms with Crippen LogP contribution in [-0.2, 0) is 4.79 Å². The van der Waals surface area contributed by atoms with Crippen LogP contribution in [0.4, 0.5) is 5.69 Å². The second kappa shape index (κ2) is 14.5. The molecule has 0 bridgehead atoms. The van der Waals surface area contributed by atoms with E-state index in [4.69, 9.17) is 0 Å². The van der Waals surface area contributed by atoms with Crippen LogP contribution in [0.2, 0.25) is 0 Å². The highest BCUT2D eigenvalue weighted by Gasteiger charge is 2.08. The highest BCUT2D eigenvalue weighted by atomic mass is 32.1. The molecule has 0 aliphatic heterocycles. The summed E-state index contributed by atoms with van der Waals surface area (Å²) in [5, 5.41) is 8.99. The van der Waals surface area contributed by atoms with Gasteiger partial charge in [0.1, 0.15) is 0 Å². The molecule has 0 aliphatic rings. The average Bonchev–Trinajstić information content (AvgIpc) is 3.32. The minimum atomic E-state index is -0.129. The number of hydrazone groups is 1. The van der Waals surface area contributed by atoms with E-state index >= 15 is 0 Å². The molecule has 0 aliphatic carbocycles. The third kappa shape index (κ3) is 9.92. The molecule has 0 unspecified atom stereocenters. The number of anilines is 1. The number of hydrogen-bond donors (Lipinski definition) is 2. The molecule has 6 heteroatoms. The van der Waals surface area contributed by atoms with Crippen molar-refractivity contribution >= 4 is 34.6 Å². The minimum Gasteiger partial charge on any atom is -0.321 e. The molecule has 1 aromatic heterocycles. The van der Waals surface area contributed by atoms with Gasteiger partial charge < -0.3 is 5.32 Å². The van der Waals surface area contributed by atoms with Gasteiger partial charge >= 0.3 is 0 Å². The topological polar surface area (TPSA) is 70.6 Å². The van der Waals surface area contributed by atoms with Gasteiger partial charge in [0.15, 0.2) is 0 Å². The van der Waals surface area contributed by atoms with Gasteiger partial charge in [-0.15, -0.1) is 11.3 Å². The number of nitrogens with zero attached hydrogens (tertiary/aromatic N) is 1. The van der Waals surface area contributed by atoms with E-state index < -0.39 is 0 Å². The summed E-state index contributed by atoms with van der Waals surface area (Å²) in [4.78, 5) is 24.9. The summed E-state index contributed by atoms with van der Waals surface area (Å²) in [7, 11) is 0. The Bertz CT molecular complexity index is 831.